The largest absolute Gasteiger partial charge is 0.462 e. The van der Waals surface area contributed by atoms with E-state index in [0.717, 1.165) is 12.8 Å². The molecule has 15 nitrogen and oxygen atoms in total. The van der Waals surface area contributed by atoms with E-state index in [1.165, 1.54) is 30.0 Å². The minimum absolute atomic E-state index is 0.0977. The summed E-state index contributed by atoms with van der Waals surface area (Å²) in [5, 5.41) is 26.8. The summed E-state index contributed by atoms with van der Waals surface area (Å²) in [6.45, 7) is 2.93. The summed E-state index contributed by atoms with van der Waals surface area (Å²) in [6.07, 6.45) is -2.30. The van der Waals surface area contributed by atoms with Crippen molar-refractivity contribution in [3.63, 3.8) is 0 Å². The Morgan fingerprint density at radius 1 is 1.28 bits per heavy atom. The second-order valence-corrected chi connectivity index (χ2v) is 12.5. The number of esters is 1. The zero-order valence-electron chi connectivity index (χ0n) is 23.8. The third-order valence-electron chi connectivity index (χ3n) is 6.84. The molecule has 2 fully saturated rings. The normalized spacial score (nSPS) is 25.9. The highest BCUT2D eigenvalue weighted by Gasteiger charge is 2.59. The van der Waals surface area contributed by atoms with Crippen LogP contribution in [0.4, 0.5) is 16.2 Å². The average Bonchev–Trinajstić information content (AvgIpc) is 3.62. The number of imidazole rings is 1. The lowest BCUT2D eigenvalue weighted by Crippen LogP contribution is -2.46. The number of carbonyl (C=O) groups is 1. The molecule has 2 aliphatic rings. The Morgan fingerprint density at radius 2 is 2.00 bits per heavy atom. The average molecular weight is 624 g/mol. The molecule has 6 N–H and O–H groups in total. The molecule has 1 aromatic carbocycles. The first-order valence-electron chi connectivity index (χ1n) is 13.8. The Kier molecular flexibility index (Phi) is 8.88. The van der Waals surface area contributed by atoms with Gasteiger partial charge in [-0.15, -0.1) is 0 Å². The molecule has 43 heavy (non-hydrogen) atoms. The number of ether oxygens (including phenoxy) is 2. The van der Waals surface area contributed by atoms with Gasteiger partial charge in [0, 0.05) is 6.04 Å². The molecule has 0 bridgehead atoms. The summed E-state index contributed by atoms with van der Waals surface area (Å²) < 4.78 is 53.5. The van der Waals surface area contributed by atoms with Crippen molar-refractivity contribution in [2.24, 2.45) is 0 Å². The smallest absolute Gasteiger partial charge is 0.459 e. The first kappa shape index (κ1) is 31.0. The van der Waals surface area contributed by atoms with Crippen molar-refractivity contribution in [1.29, 1.82) is 0 Å². The number of alkyl halides is 1. The van der Waals surface area contributed by atoms with Crippen molar-refractivity contribution in [2.45, 2.75) is 75.9 Å². The fraction of sp³-hybridized carbons (Fsp3) is 0.538. The van der Waals surface area contributed by atoms with Gasteiger partial charge in [0.2, 0.25) is 11.6 Å². The third-order valence-corrected chi connectivity index (χ3v) is 8.49. The van der Waals surface area contributed by atoms with Gasteiger partial charge < -0.3 is 35.3 Å². The SMILES string of the molecule is CC(C)OC(=O)[C@@H](C)N[P@](=O)(OC[C@H]1O[C@@H](n2cnc3c(NC4CC4)nc(N)nc32)[C@@](F)(CO)[C@@H]1O)Oc1ccccc1. The highest BCUT2D eigenvalue weighted by atomic mass is 31.2. The molecule has 5 rings (SSSR count). The quantitative estimate of drug-likeness (QED) is 0.137. The molecular formula is C26H35FN7O8P. The number of hydrogen-bond donors (Lipinski definition) is 5. The van der Waals surface area contributed by atoms with Crippen molar-refractivity contribution in [2.75, 3.05) is 24.3 Å². The molecule has 1 aliphatic carbocycles. The van der Waals surface area contributed by atoms with Crippen LogP contribution in [0.25, 0.3) is 11.2 Å². The van der Waals surface area contributed by atoms with Gasteiger partial charge in [-0.2, -0.15) is 15.1 Å². The van der Waals surface area contributed by atoms with Gasteiger partial charge in [-0.25, -0.2) is 13.9 Å². The molecule has 3 aromatic rings. The molecule has 1 saturated heterocycles. The maximum atomic E-state index is 16.3. The molecule has 2 aromatic heterocycles. The van der Waals surface area contributed by atoms with Crippen LogP contribution in [0.3, 0.4) is 0 Å². The topological polar surface area (TPSA) is 205 Å². The molecule has 3 heterocycles. The summed E-state index contributed by atoms with van der Waals surface area (Å²) in [5.41, 5.74) is 3.57. The van der Waals surface area contributed by atoms with Crippen molar-refractivity contribution in [3.8, 4) is 5.75 Å². The van der Waals surface area contributed by atoms with Crippen molar-refractivity contribution in [3.05, 3.63) is 36.7 Å². The summed E-state index contributed by atoms with van der Waals surface area (Å²) in [4.78, 5) is 25.1. The molecular weight excluding hydrogens is 588 g/mol. The van der Waals surface area contributed by atoms with Crippen LogP contribution in [0.5, 0.6) is 5.75 Å². The monoisotopic (exact) mass is 623 g/mol. The van der Waals surface area contributed by atoms with E-state index < -0.39 is 63.2 Å². The van der Waals surface area contributed by atoms with Crippen molar-refractivity contribution in [1.82, 2.24) is 24.6 Å². The van der Waals surface area contributed by atoms with Gasteiger partial charge in [0.05, 0.1) is 25.6 Å². The lowest BCUT2D eigenvalue weighted by atomic mass is 9.97. The Balaban J connectivity index is 1.38. The minimum Gasteiger partial charge on any atom is -0.462 e. The van der Waals surface area contributed by atoms with E-state index in [4.69, 9.17) is 24.3 Å². The maximum Gasteiger partial charge on any atom is 0.459 e. The molecule has 1 aliphatic heterocycles. The zero-order valence-corrected chi connectivity index (χ0v) is 24.7. The number of aliphatic hydroxyl groups excluding tert-OH is 2. The molecule has 6 atom stereocenters. The summed E-state index contributed by atoms with van der Waals surface area (Å²) >= 11 is 0. The molecule has 0 radical (unpaired) electrons. The van der Waals surface area contributed by atoms with Crippen LogP contribution in [-0.2, 0) is 23.4 Å². The van der Waals surface area contributed by atoms with Crippen LogP contribution in [-0.4, -0.2) is 85.0 Å². The van der Waals surface area contributed by atoms with Crippen LogP contribution < -0.4 is 20.7 Å². The second-order valence-electron chi connectivity index (χ2n) is 10.8. The van der Waals surface area contributed by atoms with E-state index in [1.807, 2.05) is 0 Å². The molecule has 17 heteroatoms. The predicted octanol–water partition coefficient (Wildman–Crippen LogP) is 2.08. The van der Waals surface area contributed by atoms with Gasteiger partial charge in [0.25, 0.3) is 0 Å². The van der Waals surface area contributed by atoms with E-state index in [9.17, 15) is 19.6 Å². The summed E-state index contributed by atoms with van der Waals surface area (Å²) in [6, 6.07) is 7.13. The number of anilines is 2. The Hall–Kier alpha value is -3.40. The molecule has 0 unspecified atom stereocenters. The van der Waals surface area contributed by atoms with E-state index in [1.54, 1.807) is 32.0 Å². The Labute approximate surface area is 246 Å². The molecule has 234 valence electrons. The number of nitrogens with two attached hydrogens (primary N) is 1. The minimum atomic E-state index is -4.36. The van der Waals surface area contributed by atoms with Gasteiger partial charge in [-0.1, -0.05) is 18.2 Å². The predicted molar refractivity (Wildman–Crippen MR) is 152 cm³/mol. The van der Waals surface area contributed by atoms with Gasteiger partial charge in [-0.3, -0.25) is 13.9 Å². The fourth-order valence-electron chi connectivity index (χ4n) is 4.54. The first-order valence-corrected chi connectivity index (χ1v) is 15.3. The maximum absolute atomic E-state index is 16.3. The number of rotatable bonds is 13. The van der Waals surface area contributed by atoms with Crippen LogP contribution in [0.15, 0.2) is 36.7 Å². The number of carbonyl (C=O) groups excluding carboxylic acids is 1. The number of nitrogens with one attached hydrogen (secondary N) is 2. The van der Waals surface area contributed by atoms with Gasteiger partial charge in [-0.05, 0) is 45.7 Å². The highest BCUT2D eigenvalue weighted by Crippen LogP contribution is 2.48. The molecule has 0 amide bonds. The van der Waals surface area contributed by atoms with E-state index >= 15 is 4.39 Å². The van der Waals surface area contributed by atoms with E-state index in [2.05, 4.69) is 25.4 Å². The molecule has 0 spiro atoms. The van der Waals surface area contributed by atoms with Crippen LogP contribution in [0.1, 0.15) is 39.8 Å². The van der Waals surface area contributed by atoms with Crippen molar-refractivity contribution < 1.29 is 42.5 Å². The van der Waals surface area contributed by atoms with Gasteiger partial charge >= 0.3 is 13.7 Å². The number of hydrogen-bond acceptors (Lipinski definition) is 13. The third kappa shape index (κ3) is 6.74. The lowest BCUT2D eigenvalue weighted by molar-refractivity contribution is -0.149. The van der Waals surface area contributed by atoms with Gasteiger partial charge in [0.15, 0.2) is 23.2 Å². The summed E-state index contributed by atoms with van der Waals surface area (Å²) in [7, 11) is -4.36. The van der Waals surface area contributed by atoms with Crippen LogP contribution in [0.2, 0.25) is 0 Å². The van der Waals surface area contributed by atoms with E-state index in [-0.39, 0.29) is 23.4 Å². The lowest BCUT2D eigenvalue weighted by Gasteiger charge is -2.27. The van der Waals surface area contributed by atoms with Gasteiger partial charge in [0.1, 0.15) is 24.0 Å². The molecule has 1 saturated carbocycles. The second kappa shape index (κ2) is 12.3. The van der Waals surface area contributed by atoms with E-state index in [0.29, 0.717) is 11.3 Å². The number of para-hydroxylation sites is 1. The summed E-state index contributed by atoms with van der Waals surface area (Å²) in [5.74, 6) is -0.286. The number of aromatic nitrogens is 4. The first-order chi connectivity index (χ1) is 20.4. The standard InChI is InChI=1S/C26H35FN7O8P/c1-14(2)40-23(37)15(3)33-43(38,42-17-7-5-4-6-8-17)39-11-18-20(36)26(27,12-35)24(41-18)34-13-29-19-21(30-16-9-10-16)31-25(28)32-22(19)34/h4-8,13-16,18,20,24,35-36H,9-12H2,1-3H3,(H,33,38)(H3,28,30,31,32)/t15-,18-,20-,24-,26-,43+/m1/s1. The Bertz CT molecular complexity index is 1490. The number of halogens is 1. The number of benzene rings is 1. The fourth-order valence-corrected chi connectivity index (χ4v) is 6.04. The van der Waals surface area contributed by atoms with Crippen LogP contribution in [0, 0.1) is 0 Å². The van der Waals surface area contributed by atoms with Crippen LogP contribution >= 0.6 is 7.75 Å². The number of aliphatic hydroxyl groups is 2. The van der Waals surface area contributed by atoms with Crippen molar-refractivity contribution >= 4 is 36.6 Å². The zero-order chi connectivity index (χ0) is 30.9. The highest BCUT2D eigenvalue weighted by molar-refractivity contribution is 7.52. The number of fused-ring (bicyclic) bond motifs is 1. The Morgan fingerprint density at radius 3 is 2.65 bits per heavy atom. The number of nitrogens with zero attached hydrogens (tertiary/aromatic N) is 4. The number of nitrogen functional groups attached to an aromatic ring is 1.